The minimum absolute atomic E-state index is 0.218. The van der Waals surface area contributed by atoms with Crippen LogP contribution in [0.5, 0.6) is 0 Å². The first-order chi connectivity index (χ1) is 15.2. The fraction of sp³-hybridized carbons (Fsp3) is 0.250. The maximum Gasteiger partial charge on any atom is 0.190 e. The standard InChI is InChI=1S/C24H20F2N2S3/c25-17-9-5-15(6-10-17)13-29-22-21-19-3-1-2-4-20(19)31-23(21)28-24(27-22)30-14-16-7-11-18(26)12-8-16/h5-12H,1-4,13-14H2. The Hall–Kier alpha value is -1.96. The Balaban J connectivity index is 1.45. The van der Waals surface area contributed by atoms with E-state index in [0.717, 1.165) is 44.7 Å². The Morgan fingerprint density at radius 2 is 1.39 bits per heavy atom. The summed E-state index contributed by atoms with van der Waals surface area (Å²) in [7, 11) is 0. The third-order valence-corrected chi connectivity index (χ3v) is 8.48. The second kappa shape index (κ2) is 9.27. The molecule has 2 heterocycles. The van der Waals surface area contributed by atoms with Crippen molar-refractivity contribution in [3.8, 4) is 0 Å². The largest absolute Gasteiger partial charge is 0.215 e. The molecule has 0 N–H and O–H groups in total. The third-order valence-electron chi connectivity index (χ3n) is 5.33. The van der Waals surface area contributed by atoms with Crippen molar-refractivity contribution in [3.63, 3.8) is 0 Å². The maximum atomic E-state index is 13.3. The van der Waals surface area contributed by atoms with Gasteiger partial charge in [0.2, 0.25) is 0 Å². The topological polar surface area (TPSA) is 25.8 Å². The molecule has 4 aromatic rings. The van der Waals surface area contributed by atoms with Crippen LogP contribution in [0.3, 0.4) is 0 Å². The highest BCUT2D eigenvalue weighted by molar-refractivity contribution is 7.99. The molecule has 5 rings (SSSR count). The van der Waals surface area contributed by atoms with Gasteiger partial charge in [0.25, 0.3) is 0 Å². The van der Waals surface area contributed by atoms with Gasteiger partial charge in [0, 0.05) is 21.8 Å². The molecule has 31 heavy (non-hydrogen) atoms. The summed E-state index contributed by atoms with van der Waals surface area (Å²) < 4.78 is 26.4. The van der Waals surface area contributed by atoms with E-state index in [0.29, 0.717) is 5.75 Å². The van der Waals surface area contributed by atoms with Crippen LogP contribution in [0, 0.1) is 11.6 Å². The van der Waals surface area contributed by atoms with Gasteiger partial charge in [-0.25, -0.2) is 18.7 Å². The fourth-order valence-electron chi connectivity index (χ4n) is 3.74. The van der Waals surface area contributed by atoms with Gasteiger partial charge in [-0.1, -0.05) is 36.0 Å². The summed E-state index contributed by atoms with van der Waals surface area (Å²) >= 11 is 5.07. The van der Waals surface area contributed by atoms with Crippen molar-refractivity contribution < 1.29 is 8.78 Å². The van der Waals surface area contributed by atoms with Crippen LogP contribution in [0.2, 0.25) is 0 Å². The van der Waals surface area contributed by atoms with Crippen molar-refractivity contribution in [1.29, 1.82) is 0 Å². The molecule has 1 aliphatic rings. The van der Waals surface area contributed by atoms with E-state index in [1.165, 1.54) is 52.9 Å². The molecule has 0 saturated heterocycles. The second-order valence-electron chi connectivity index (χ2n) is 7.53. The van der Waals surface area contributed by atoms with Gasteiger partial charge in [0.05, 0.1) is 0 Å². The van der Waals surface area contributed by atoms with E-state index in [4.69, 9.17) is 9.97 Å². The molecule has 0 unspecified atom stereocenters. The molecule has 0 amide bonds. The summed E-state index contributed by atoms with van der Waals surface area (Å²) in [6, 6.07) is 13.2. The first-order valence-corrected chi connectivity index (χ1v) is 13.0. The van der Waals surface area contributed by atoms with Crippen LogP contribution in [0.15, 0.2) is 58.7 Å². The highest BCUT2D eigenvalue weighted by Gasteiger charge is 2.21. The lowest BCUT2D eigenvalue weighted by Gasteiger charge is -2.12. The summed E-state index contributed by atoms with van der Waals surface area (Å²) in [6.45, 7) is 0. The van der Waals surface area contributed by atoms with Crippen molar-refractivity contribution in [2.75, 3.05) is 0 Å². The molecule has 0 saturated carbocycles. The summed E-state index contributed by atoms with van der Waals surface area (Å²) in [5, 5.41) is 2.96. The maximum absolute atomic E-state index is 13.3. The number of halogens is 2. The van der Waals surface area contributed by atoms with Crippen molar-refractivity contribution in [3.05, 3.63) is 81.7 Å². The Labute approximate surface area is 192 Å². The number of fused-ring (bicyclic) bond motifs is 3. The average Bonchev–Trinajstić information content (AvgIpc) is 3.17. The highest BCUT2D eigenvalue weighted by atomic mass is 32.2. The average molecular weight is 471 g/mol. The zero-order valence-corrected chi connectivity index (χ0v) is 19.2. The molecule has 0 radical (unpaired) electrons. The predicted molar refractivity (Wildman–Crippen MR) is 126 cm³/mol. The zero-order valence-electron chi connectivity index (χ0n) is 16.7. The number of aromatic nitrogens is 2. The predicted octanol–water partition coefficient (Wildman–Crippen LogP) is 7.43. The molecule has 2 nitrogen and oxygen atoms in total. The monoisotopic (exact) mass is 470 g/mol. The summed E-state index contributed by atoms with van der Waals surface area (Å²) in [5.41, 5.74) is 3.53. The van der Waals surface area contributed by atoms with Gasteiger partial charge >= 0.3 is 0 Å². The normalized spacial score (nSPS) is 13.5. The fourth-order valence-corrected chi connectivity index (χ4v) is 6.99. The lowest BCUT2D eigenvalue weighted by Crippen LogP contribution is -1.99. The molecule has 158 valence electrons. The smallest absolute Gasteiger partial charge is 0.190 e. The highest BCUT2D eigenvalue weighted by Crippen LogP contribution is 2.41. The van der Waals surface area contributed by atoms with Crippen LogP contribution >= 0.6 is 34.9 Å². The van der Waals surface area contributed by atoms with Crippen LogP contribution in [-0.4, -0.2) is 9.97 Å². The number of thiophene rings is 1. The van der Waals surface area contributed by atoms with E-state index in [2.05, 4.69) is 0 Å². The van der Waals surface area contributed by atoms with Gasteiger partial charge in [0.1, 0.15) is 21.5 Å². The molecule has 1 aliphatic carbocycles. The first-order valence-electron chi connectivity index (χ1n) is 10.2. The Morgan fingerprint density at radius 3 is 2.06 bits per heavy atom. The first kappa shape index (κ1) is 20.9. The number of hydrogen-bond donors (Lipinski definition) is 0. The zero-order chi connectivity index (χ0) is 21.2. The molecular weight excluding hydrogens is 450 g/mol. The SMILES string of the molecule is Fc1ccc(CSc2nc(SCc3ccc(F)cc3)c3c4c(sc3n2)CCCC4)cc1. The van der Waals surface area contributed by atoms with E-state index < -0.39 is 0 Å². The lowest BCUT2D eigenvalue weighted by atomic mass is 9.97. The van der Waals surface area contributed by atoms with Crippen LogP contribution in [-0.2, 0) is 24.3 Å². The summed E-state index contributed by atoms with van der Waals surface area (Å²) in [5.74, 6) is 0.984. The van der Waals surface area contributed by atoms with Gasteiger partial charge in [-0.15, -0.1) is 23.1 Å². The van der Waals surface area contributed by atoms with Crippen LogP contribution in [0.1, 0.15) is 34.4 Å². The number of nitrogens with zero attached hydrogens (tertiary/aromatic N) is 2. The third kappa shape index (κ3) is 4.78. The van der Waals surface area contributed by atoms with Crippen molar-refractivity contribution >= 4 is 45.1 Å². The lowest BCUT2D eigenvalue weighted by molar-refractivity contribution is 0.627. The van der Waals surface area contributed by atoms with Gasteiger partial charge in [0.15, 0.2) is 5.16 Å². The second-order valence-corrected chi connectivity index (χ2v) is 10.5. The molecule has 2 aromatic carbocycles. The molecule has 0 bridgehead atoms. The number of aryl methyl sites for hydroxylation is 2. The molecular formula is C24H20F2N2S3. The Bertz CT molecular complexity index is 1200. The van der Waals surface area contributed by atoms with Crippen LogP contribution < -0.4 is 0 Å². The van der Waals surface area contributed by atoms with Crippen molar-refractivity contribution in [1.82, 2.24) is 9.97 Å². The van der Waals surface area contributed by atoms with Crippen LogP contribution in [0.25, 0.3) is 10.2 Å². The van der Waals surface area contributed by atoms with Crippen LogP contribution in [0.4, 0.5) is 8.78 Å². The Kier molecular flexibility index (Phi) is 6.25. The Morgan fingerprint density at radius 1 is 0.774 bits per heavy atom. The number of thioether (sulfide) groups is 2. The number of rotatable bonds is 6. The molecule has 0 fully saturated rings. The van der Waals surface area contributed by atoms with E-state index >= 15 is 0 Å². The molecule has 2 aromatic heterocycles. The molecule has 7 heteroatoms. The van der Waals surface area contributed by atoms with Gasteiger partial charge in [-0.2, -0.15) is 0 Å². The number of hydrogen-bond acceptors (Lipinski definition) is 5. The van der Waals surface area contributed by atoms with Gasteiger partial charge < -0.3 is 0 Å². The number of benzene rings is 2. The molecule has 0 spiro atoms. The van der Waals surface area contributed by atoms with E-state index in [1.807, 2.05) is 12.1 Å². The van der Waals surface area contributed by atoms with E-state index in [-0.39, 0.29) is 11.6 Å². The van der Waals surface area contributed by atoms with Gasteiger partial charge in [-0.3, -0.25) is 0 Å². The quantitative estimate of drug-likeness (QED) is 0.166. The summed E-state index contributed by atoms with van der Waals surface area (Å²) in [6.07, 6.45) is 4.65. The minimum Gasteiger partial charge on any atom is -0.215 e. The van der Waals surface area contributed by atoms with Crippen molar-refractivity contribution in [2.24, 2.45) is 0 Å². The molecule has 0 aliphatic heterocycles. The van der Waals surface area contributed by atoms with E-state index in [1.54, 1.807) is 47.0 Å². The summed E-state index contributed by atoms with van der Waals surface area (Å²) in [4.78, 5) is 12.3. The molecule has 0 atom stereocenters. The van der Waals surface area contributed by atoms with Gasteiger partial charge in [-0.05, 0) is 66.6 Å². The van der Waals surface area contributed by atoms with E-state index in [9.17, 15) is 8.78 Å². The minimum atomic E-state index is -0.227. The van der Waals surface area contributed by atoms with Crippen molar-refractivity contribution in [2.45, 2.75) is 47.4 Å².